The first-order chi connectivity index (χ1) is 9.61. The fourth-order valence-electron chi connectivity index (χ4n) is 1.98. The van der Waals surface area contributed by atoms with Crippen molar-refractivity contribution in [2.45, 2.75) is 19.5 Å². The highest BCUT2D eigenvalue weighted by Crippen LogP contribution is 2.23. The van der Waals surface area contributed by atoms with Gasteiger partial charge in [-0.1, -0.05) is 34.1 Å². The molecule has 0 aliphatic heterocycles. The molecule has 0 fully saturated rings. The first-order valence-corrected chi connectivity index (χ1v) is 7.07. The Morgan fingerprint density at radius 2 is 2.05 bits per heavy atom. The van der Waals surface area contributed by atoms with Gasteiger partial charge >= 0.3 is 0 Å². The van der Waals surface area contributed by atoms with E-state index in [1.165, 1.54) is 12.1 Å². The summed E-state index contributed by atoms with van der Waals surface area (Å²) in [6.45, 7) is 2.40. The van der Waals surface area contributed by atoms with Crippen molar-refractivity contribution in [2.75, 3.05) is 0 Å². The average molecular weight is 333 g/mol. The molecule has 0 spiro atoms. The molecule has 2 rings (SSSR count). The van der Waals surface area contributed by atoms with Crippen LogP contribution in [-0.2, 0) is 6.54 Å². The fourth-order valence-corrected chi connectivity index (χ4v) is 2.61. The van der Waals surface area contributed by atoms with E-state index in [0.717, 1.165) is 10.0 Å². The van der Waals surface area contributed by atoms with E-state index in [2.05, 4.69) is 21.2 Å². The van der Waals surface area contributed by atoms with E-state index in [4.69, 9.17) is 5.26 Å². The zero-order valence-electron chi connectivity index (χ0n) is 11.0. The Morgan fingerprint density at radius 1 is 1.30 bits per heavy atom. The van der Waals surface area contributed by atoms with E-state index in [1.54, 1.807) is 6.07 Å². The van der Waals surface area contributed by atoms with Gasteiger partial charge in [0, 0.05) is 22.6 Å². The maximum absolute atomic E-state index is 13.7. The van der Waals surface area contributed by atoms with Gasteiger partial charge in [0.05, 0.1) is 11.6 Å². The third-order valence-electron chi connectivity index (χ3n) is 3.15. The number of nitrogens with one attached hydrogen (secondary N) is 1. The quantitative estimate of drug-likeness (QED) is 0.905. The van der Waals surface area contributed by atoms with Crippen LogP contribution in [0.4, 0.5) is 4.39 Å². The van der Waals surface area contributed by atoms with Crippen LogP contribution in [0.5, 0.6) is 0 Å². The largest absolute Gasteiger partial charge is 0.306 e. The minimum Gasteiger partial charge on any atom is -0.306 e. The fraction of sp³-hybridized carbons (Fsp3) is 0.188. The van der Waals surface area contributed by atoms with Crippen molar-refractivity contribution in [2.24, 2.45) is 0 Å². The van der Waals surface area contributed by atoms with Gasteiger partial charge in [0.2, 0.25) is 0 Å². The van der Waals surface area contributed by atoms with Gasteiger partial charge < -0.3 is 5.32 Å². The van der Waals surface area contributed by atoms with E-state index in [0.29, 0.717) is 17.7 Å². The molecule has 0 saturated carbocycles. The highest BCUT2D eigenvalue weighted by Gasteiger charge is 2.10. The van der Waals surface area contributed by atoms with Crippen molar-refractivity contribution in [3.63, 3.8) is 0 Å². The smallest absolute Gasteiger partial charge is 0.127 e. The molecule has 2 aromatic rings. The van der Waals surface area contributed by atoms with E-state index in [9.17, 15) is 4.39 Å². The SMILES string of the molecule is C[C@H](NCc1cc(C#N)ccc1F)c1ccccc1Br. The summed E-state index contributed by atoms with van der Waals surface area (Å²) in [5.74, 6) is -0.296. The Kier molecular flexibility index (Phi) is 4.89. The molecule has 0 unspecified atom stereocenters. The standard InChI is InChI=1S/C16H14BrFN2/c1-11(14-4-2-3-5-15(14)17)20-10-13-8-12(9-19)6-7-16(13)18/h2-8,11,20H,10H2,1H3/t11-/m0/s1. The van der Waals surface area contributed by atoms with Gasteiger partial charge in [-0.2, -0.15) is 5.26 Å². The lowest BCUT2D eigenvalue weighted by Crippen LogP contribution is -2.19. The zero-order valence-corrected chi connectivity index (χ0v) is 12.6. The summed E-state index contributed by atoms with van der Waals surface area (Å²) in [4.78, 5) is 0. The highest BCUT2D eigenvalue weighted by atomic mass is 79.9. The number of benzene rings is 2. The number of halogens is 2. The maximum atomic E-state index is 13.7. The molecule has 2 aromatic carbocycles. The van der Waals surface area contributed by atoms with Gasteiger partial charge in [0.15, 0.2) is 0 Å². The molecule has 0 saturated heterocycles. The second-order valence-electron chi connectivity index (χ2n) is 4.54. The second-order valence-corrected chi connectivity index (χ2v) is 5.40. The maximum Gasteiger partial charge on any atom is 0.127 e. The lowest BCUT2D eigenvalue weighted by Gasteiger charge is -2.16. The molecule has 2 nitrogen and oxygen atoms in total. The van der Waals surface area contributed by atoms with E-state index in [1.807, 2.05) is 37.3 Å². The summed E-state index contributed by atoms with van der Waals surface area (Å²) < 4.78 is 14.7. The topological polar surface area (TPSA) is 35.8 Å². The van der Waals surface area contributed by atoms with Gasteiger partial charge in [0.1, 0.15) is 5.82 Å². The monoisotopic (exact) mass is 332 g/mol. The van der Waals surface area contributed by atoms with Gasteiger partial charge in [-0.05, 0) is 36.8 Å². The van der Waals surface area contributed by atoms with Gasteiger partial charge in [-0.25, -0.2) is 4.39 Å². The van der Waals surface area contributed by atoms with Crippen LogP contribution >= 0.6 is 15.9 Å². The van der Waals surface area contributed by atoms with Crippen LogP contribution < -0.4 is 5.32 Å². The van der Waals surface area contributed by atoms with Crippen molar-refractivity contribution in [3.8, 4) is 6.07 Å². The molecule has 102 valence electrons. The molecule has 1 atom stereocenters. The zero-order chi connectivity index (χ0) is 14.5. The Labute approximate surface area is 126 Å². The molecule has 0 heterocycles. The first kappa shape index (κ1) is 14.7. The molecule has 20 heavy (non-hydrogen) atoms. The van der Waals surface area contributed by atoms with E-state index >= 15 is 0 Å². The average Bonchev–Trinajstić information content (AvgIpc) is 2.46. The molecule has 0 aliphatic carbocycles. The molecule has 0 radical (unpaired) electrons. The number of nitriles is 1. The van der Waals surface area contributed by atoms with Crippen LogP contribution in [0.15, 0.2) is 46.9 Å². The summed E-state index contributed by atoms with van der Waals surface area (Å²) >= 11 is 3.50. The van der Waals surface area contributed by atoms with E-state index in [-0.39, 0.29) is 11.9 Å². The summed E-state index contributed by atoms with van der Waals surface area (Å²) in [6.07, 6.45) is 0. The minimum atomic E-state index is -0.296. The van der Waals surface area contributed by atoms with Crippen molar-refractivity contribution >= 4 is 15.9 Å². The molecule has 0 aromatic heterocycles. The van der Waals surface area contributed by atoms with Crippen molar-refractivity contribution in [1.82, 2.24) is 5.32 Å². The summed E-state index contributed by atoms with van der Waals surface area (Å²) in [5, 5.41) is 12.1. The van der Waals surface area contributed by atoms with Crippen LogP contribution in [0.3, 0.4) is 0 Å². The molecule has 0 aliphatic rings. The molecular weight excluding hydrogens is 319 g/mol. The number of hydrogen-bond donors (Lipinski definition) is 1. The number of rotatable bonds is 4. The first-order valence-electron chi connectivity index (χ1n) is 6.28. The number of nitrogens with zero attached hydrogens (tertiary/aromatic N) is 1. The molecule has 1 N–H and O–H groups in total. The van der Waals surface area contributed by atoms with Crippen molar-refractivity contribution < 1.29 is 4.39 Å². The Hall–Kier alpha value is -1.70. The number of hydrogen-bond acceptors (Lipinski definition) is 2. The predicted octanol–water partition coefficient (Wildman–Crippen LogP) is 4.31. The normalized spacial score (nSPS) is 11.9. The summed E-state index contributed by atoms with van der Waals surface area (Å²) in [7, 11) is 0. The van der Waals surface area contributed by atoms with Crippen LogP contribution in [0.2, 0.25) is 0 Å². The molecule has 0 bridgehead atoms. The third kappa shape index (κ3) is 3.44. The predicted molar refractivity (Wildman–Crippen MR) is 80.5 cm³/mol. The van der Waals surface area contributed by atoms with Gasteiger partial charge in [-0.3, -0.25) is 0 Å². The lowest BCUT2D eigenvalue weighted by molar-refractivity contribution is 0.543. The van der Waals surface area contributed by atoms with Crippen LogP contribution in [0, 0.1) is 17.1 Å². The minimum absolute atomic E-state index is 0.0794. The van der Waals surface area contributed by atoms with Crippen LogP contribution in [0.1, 0.15) is 29.7 Å². The van der Waals surface area contributed by atoms with Crippen molar-refractivity contribution in [1.29, 1.82) is 5.26 Å². The van der Waals surface area contributed by atoms with Crippen LogP contribution in [-0.4, -0.2) is 0 Å². The Bertz CT molecular complexity index is 649. The summed E-state index contributed by atoms with van der Waals surface area (Å²) in [6, 6.07) is 14.4. The van der Waals surface area contributed by atoms with E-state index < -0.39 is 0 Å². The molecule has 4 heteroatoms. The second kappa shape index (κ2) is 6.65. The summed E-state index contributed by atoms with van der Waals surface area (Å²) in [5.41, 5.74) is 2.09. The lowest BCUT2D eigenvalue weighted by atomic mass is 10.1. The molecule has 0 amide bonds. The Morgan fingerprint density at radius 3 is 2.75 bits per heavy atom. The van der Waals surface area contributed by atoms with Crippen molar-refractivity contribution in [3.05, 3.63) is 69.4 Å². The van der Waals surface area contributed by atoms with Crippen LogP contribution in [0.25, 0.3) is 0 Å². The van der Waals surface area contributed by atoms with Gasteiger partial charge in [-0.15, -0.1) is 0 Å². The molecular formula is C16H14BrFN2. The third-order valence-corrected chi connectivity index (χ3v) is 3.87. The Balaban J connectivity index is 2.09. The highest BCUT2D eigenvalue weighted by molar-refractivity contribution is 9.10. The van der Waals surface area contributed by atoms with Gasteiger partial charge in [0.25, 0.3) is 0 Å².